The highest BCUT2D eigenvalue weighted by Crippen LogP contribution is 2.19. The van der Waals surface area contributed by atoms with E-state index in [2.05, 4.69) is 10.1 Å². The maximum absolute atomic E-state index is 13.5. The fourth-order valence-electron chi connectivity index (χ4n) is 1.82. The van der Waals surface area contributed by atoms with E-state index in [-0.39, 0.29) is 5.56 Å². The normalized spacial score (nSPS) is 12.7. The number of hydrogen-bond donors (Lipinski definition) is 1. The van der Waals surface area contributed by atoms with Crippen molar-refractivity contribution in [2.45, 2.75) is 25.9 Å². The molecule has 0 saturated carbocycles. The van der Waals surface area contributed by atoms with Crippen LogP contribution in [0.3, 0.4) is 0 Å². The van der Waals surface area contributed by atoms with E-state index in [1.165, 1.54) is 18.5 Å². The van der Waals surface area contributed by atoms with Crippen LogP contribution in [-0.2, 0) is 13.0 Å². The van der Waals surface area contributed by atoms with Crippen LogP contribution in [0.4, 0.5) is 8.78 Å². The van der Waals surface area contributed by atoms with Crippen molar-refractivity contribution in [3.8, 4) is 0 Å². The summed E-state index contributed by atoms with van der Waals surface area (Å²) in [6, 6.07) is 2.82. The van der Waals surface area contributed by atoms with Crippen LogP contribution in [0.1, 0.15) is 24.4 Å². The molecule has 1 atom stereocenters. The van der Waals surface area contributed by atoms with Gasteiger partial charge in [0.1, 0.15) is 23.8 Å². The predicted molar refractivity (Wildman–Crippen MR) is 62.7 cm³/mol. The number of aromatic nitrogens is 3. The molecule has 0 fully saturated rings. The van der Waals surface area contributed by atoms with E-state index in [1.54, 1.807) is 4.68 Å². The van der Waals surface area contributed by atoms with Crippen molar-refractivity contribution in [2.75, 3.05) is 0 Å². The number of rotatable bonds is 4. The first-order chi connectivity index (χ1) is 8.61. The highest BCUT2D eigenvalue weighted by atomic mass is 19.1. The molecule has 0 aliphatic rings. The van der Waals surface area contributed by atoms with Crippen molar-refractivity contribution in [2.24, 2.45) is 5.73 Å². The van der Waals surface area contributed by atoms with E-state index in [4.69, 9.17) is 5.73 Å². The van der Waals surface area contributed by atoms with Crippen molar-refractivity contribution < 1.29 is 8.78 Å². The number of aryl methyl sites for hydroxylation is 1. The number of halogens is 2. The highest BCUT2D eigenvalue weighted by molar-refractivity contribution is 5.22. The van der Waals surface area contributed by atoms with Crippen LogP contribution in [0, 0.1) is 11.6 Å². The van der Waals surface area contributed by atoms with Crippen molar-refractivity contribution in [3.63, 3.8) is 0 Å². The summed E-state index contributed by atoms with van der Waals surface area (Å²) in [5, 5.41) is 4.01. The van der Waals surface area contributed by atoms with E-state index >= 15 is 0 Å². The molecule has 0 saturated heterocycles. The summed E-state index contributed by atoms with van der Waals surface area (Å²) in [6.45, 7) is 2.61. The van der Waals surface area contributed by atoms with Crippen molar-refractivity contribution >= 4 is 0 Å². The van der Waals surface area contributed by atoms with Gasteiger partial charge in [-0.15, -0.1) is 0 Å². The Bertz CT molecular complexity index is 539. The molecule has 0 spiro atoms. The molecule has 0 aliphatic heterocycles. The minimum atomic E-state index is -0.634. The van der Waals surface area contributed by atoms with Gasteiger partial charge >= 0.3 is 0 Å². The molecular formula is C12H14F2N4. The van der Waals surface area contributed by atoms with Crippen molar-refractivity contribution in [1.29, 1.82) is 0 Å². The van der Waals surface area contributed by atoms with E-state index in [0.717, 1.165) is 6.07 Å². The van der Waals surface area contributed by atoms with Gasteiger partial charge in [-0.2, -0.15) is 5.10 Å². The van der Waals surface area contributed by atoms with Crippen molar-refractivity contribution in [3.05, 3.63) is 47.5 Å². The van der Waals surface area contributed by atoms with Crippen molar-refractivity contribution in [1.82, 2.24) is 14.8 Å². The quantitative estimate of drug-likeness (QED) is 0.903. The summed E-state index contributed by atoms with van der Waals surface area (Å²) >= 11 is 0. The first-order valence-electron chi connectivity index (χ1n) is 5.69. The van der Waals surface area contributed by atoms with Gasteiger partial charge in [-0.1, -0.05) is 6.07 Å². The largest absolute Gasteiger partial charge is 0.323 e. The minimum absolute atomic E-state index is 0.280. The third-order valence-electron chi connectivity index (χ3n) is 2.76. The Labute approximate surface area is 103 Å². The number of nitrogens with zero attached hydrogens (tertiary/aromatic N) is 3. The molecule has 0 radical (unpaired) electrons. The van der Waals surface area contributed by atoms with E-state index in [9.17, 15) is 8.78 Å². The molecule has 1 unspecified atom stereocenters. The van der Waals surface area contributed by atoms with Gasteiger partial charge in [0.05, 0.1) is 0 Å². The lowest BCUT2D eigenvalue weighted by molar-refractivity contribution is 0.537. The summed E-state index contributed by atoms with van der Waals surface area (Å²) < 4.78 is 28.0. The zero-order valence-corrected chi connectivity index (χ0v) is 9.98. The zero-order valence-electron chi connectivity index (χ0n) is 9.98. The fraction of sp³-hybridized carbons (Fsp3) is 0.333. The van der Waals surface area contributed by atoms with Crippen LogP contribution in [0.2, 0.25) is 0 Å². The minimum Gasteiger partial charge on any atom is -0.323 e. The highest BCUT2D eigenvalue weighted by Gasteiger charge is 2.15. The molecule has 2 aromatic rings. The third kappa shape index (κ3) is 2.53. The summed E-state index contributed by atoms with van der Waals surface area (Å²) in [5.41, 5.74) is 6.20. The molecule has 0 amide bonds. The van der Waals surface area contributed by atoms with Gasteiger partial charge in [0.25, 0.3) is 0 Å². The topological polar surface area (TPSA) is 56.7 Å². The van der Waals surface area contributed by atoms with Gasteiger partial charge in [0.15, 0.2) is 0 Å². The third-order valence-corrected chi connectivity index (χ3v) is 2.76. The Hall–Kier alpha value is -1.82. The van der Waals surface area contributed by atoms with E-state index in [1.807, 2.05) is 6.92 Å². The van der Waals surface area contributed by atoms with Gasteiger partial charge < -0.3 is 5.73 Å². The van der Waals surface area contributed by atoms with Gasteiger partial charge in [-0.05, 0) is 13.0 Å². The molecule has 6 heteroatoms. The van der Waals surface area contributed by atoms with Gasteiger partial charge in [0.2, 0.25) is 0 Å². The van der Waals surface area contributed by atoms with Gasteiger partial charge in [-0.25, -0.2) is 13.8 Å². The first-order valence-corrected chi connectivity index (χ1v) is 5.69. The average molecular weight is 252 g/mol. The Kier molecular flexibility index (Phi) is 3.66. The number of hydrogen-bond acceptors (Lipinski definition) is 3. The lowest BCUT2D eigenvalue weighted by Gasteiger charge is -2.12. The molecule has 4 nitrogen and oxygen atoms in total. The summed E-state index contributed by atoms with van der Waals surface area (Å²) in [4.78, 5) is 4.08. The van der Waals surface area contributed by atoms with E-state index in [0.29, 0.717) is 18.8 Å². The Morgan fingerprint density at radius 3 is 2.83 bits per heavy atom. The molecule has 18 heavy (non-hydrogen) atoms. The van der Waals surface area contributed by atoms with E-state index < -0.39 is 17.7 Å². The van der Waals surface area contributed by atoms with Gasteiger partial charge in [-0.3, -0.25) is 4.68 Å². The molecular weight excluding hydrogens is 238 g/mol. The monoisotopic (exact) mass is 252 g/mol. The second kappa shape index (κ2) is 5.22. The standard InChI is InChI=1S/C12H14F2N4/c1-2-18-12(16-7-17-18)6-11(15)9-4-3-8(13)5-10(9)14/h3-5,7,11H,2,6,15H2,1H3. The van der Waals surface area contributed by atoms with Gasteiger partial charge in [0, 0.05) is 30.6 Å². The molecule has 1 aromatic carbocycles. The van der Waals surface area contributed by atoms with Crippen LogP contribution in [0.15, 0.2) is 24.5 Å². The molecule has 1 heterocycles. The lowest BCUT2D eigenvalue weighted by atomic mass is 10.0. The lowest BCUT2D eigenvalue weighted by Crippen LogP contribution is -2.18. The summed E-state index contributed by atoms with van der Waals surface area (Å²) in [7, 11) is 0. The molecule has 1 aromatic heterocycles. The first kappa shape index (κ1) is 12.6. The summed E-state index contributed by atoms with van der Waals surface area (Å²) in [6.07, 6.45) is 1.79. The fourth-order valence-corrected chi connectivity index (χ4v) is 1.82. The number of nitrogens with two attached hydrogens (primary N) is 1. The van der Waals surface area contributed by atoms with Crippen LogP contribution in [-0.4, -0.2) is 14.8 Å². The average Bonchev–Trinajstić information content (AvgIpc) is 2.76. The predicted octanol–water partition coefficient (Wildman–Crippen LogP) is 1.82. The molecule has 0 aliphatic carbocycles. The molecule has 2 rings (SSSR count). The maximum atomic E-state index is 13.5. The van der Waals surface area contributed by atoms with Crippen LogP contribution in [0.5, 0.6) is 0 Å². The Morgan fingerprint density at radius 1 is 1.39 bits per heavy atom. The Morgan fingerprint density at radius 2 is 2.17 bits per heavy atom. The summed E-state index contributed by atoms with van der Waals surface area (Å²) in [5.74, 6) is -0.557. The SMILES string of the molecule is CCn1ncnc1CC(N)c1ccc(F)cc1F. The zero-order chi connectivity index (χ0) is 13.1. The number of benzene rings is 1. The second-order valence-corrected chi connectivity index (χ2v) is 3.97. The Balaban J connectivity index is 2.19. The van der Waals surface area contributed by atoms with Crippen LogP contribution < -0.4 is 5.73 Å². The smallest absolute Gasteiger partial charge is 0.138 e. The maximum Gasteiger partial charge on any atom is 0.138 e. The molecule has 96 valence electrons. The second-order valence-electron chi connectivity index (χ2n) is 3.97. The van der Waals surface area contributed by atoms with Crippen LogP contribution >= 0.6 is 0 Å². The molecule has 0 bridgehead atoms. The molecule has 2 N–H and O–H groups in total. The van der Waals surface area contributed by atoms with Crippen LogP contribution in [0.25, 0.3) is 0 Å².